The van der Waals surface area contributed by atoms with Crippen LogP contribution >= 0.6 is 0 Å². The standard InChI is InChI=1S/C10H10FN3O3/c1-5(2)4-16-10(15)8-7-9(17-14-8)12-3-6(11)13-7/h3,5H,4H2,1-2H3. The van der Waals surface area contributed by atoms with E-state index in [4.69, 9.17) is 9.26 Å². The van der Waals surface area contributed by atoms with Crippen LogP contribution in [0, 0.1) is 11.9 Å². The molecule has 0 atom stereocenters. The molecule has 0 unspecified atom stereocenters. The predicted molar refractivity (Wildman–Crippen MR) is 54.7 cm³/mol. The van der Waals surface area contributed by atoms with Crippen molar-refractivity contribution in [2.45, 2.75) is 13.8 Å². The van der Waals surface area contributed by atoms with Crippen LogP contribution in [-0.2, 0) is 4.74 Å². The average molecular weight is 239 g/mol. The molecular weight excluding hydrogens is 229 g/mol. The Morgan fingerprint density at radius 3 is 3.06 bits per heavy atom. The summed E-state index contributed by atoms with van der Waals surface area (Å²) in [5.41, 5.74) is -0.186. The molecule has 90 valence electrons. The summed E-state index contributed by atoms with van der Waals surface area (Å²) in [6.45, 7) is 4.04. The zero-order valence-corrected chi connectivity index (χ0v) is 9.31. The van der Waals surface area contributed by atoms with Crippen molar-refractivity contribution in [3.63, 3.8) is 0 Å². The number of rotatable bonds is 3. The van der Waals surface area contributed by atoms with E-state index in [1.165, 1.54) is 0 Å². The predicted octanol–water partition coefficient (Wildman–Crippen LogP) is 1.57. The Labute approximate surface area is 95.8 Å². The summed E-state index contributed by atoms with van der Waals surface area (Å²) in [6, 6.07) is 0. The second-order valence-electron chi connectivity index (χ2n) is 3.87. The van der Waals surface area contributed by atoms with Crippen molar-refractivity contribution < 1.29 is 18.4 Å². The topological polar surface area (TPSA) is 78.1 Å². The summed E-state index contributed by atoms with van der Waals surface area (Å²) < 4.78 is 22.6. The Balaban J connectivity index is 2.29. The van der Waals surface area contributed by atoms with E-state index < -0.39 is 11.9 Å². The highest BCUT2D eigenvalue weighted by atomic mass is 19.1. The number of carbonyl (C=O) groups excluding carboxylic acids is 1. The van der Waals surface area contributed by atoms with Gasteiger partial charge >= 0.3 is 5.97 Å². The molecule has 2 aromatic rings. The molecule has 0 saturated carbocycles. The average Bonchev–Trinajstić information content (AvgIpc) is 2.68. The van der Waals surface area contributed by atoms with E-state index in [1.807, 2.05) is 13.8 Å². The smallest absolute Gasteiger partial charge is 0.362 e. The Bertz CT molecular complexity index is 553. The lowest BCUT2D eigenvalue weighted by atomic mass is 10.2. The fourth-order valence-electron chi connectivity index (χ4n) is 1.15. The lowest BCUT2D eigenvalue weighted by Gasteiger charge is -2.04. The van der Waals surface area contributed by atoms with Gasteiger partial charge in [0.25, 0.3) is 5.71 Å². The van der Waals surface area contributed by atoms with Crippen molar-refractivity contribution in [2.24, 2.45) is 5.92 Å². The van der Waals surface area contributed by atoms with Gasteiger partial charge in [-0.3, -0.25) is 0 Å². The van der Waals surface area contributed by atoms with Gasteiger partial charge in [0.1, 0.15) is 0 Å². The number of esters is 1. The molecule has 0 amide bonds. The van der Waals surface area contributed by atoms with Crippen LogP contribution in [-0.4, -0.2) is 27.7 Å². The van der Waals surface area contributed by atoms with Crippen LogP contribution in [0.1, 0.15) is 24.3 Å². The second-order valence-corrected chi connectivity index (χ2v) is 3.87. The van der Waals surface area contributed by atoms with Gasteiger partial charge in [-0.2, -0.15) is 4.39 Å². The van der Waals surface area contributed by atoms with Gasteiger partial charge in [-0.1, -0.05) is 19.0 Å². The van der Waals surface area contributed by atoms with Crippen LogP contribution in [0.4, 0.5) is 4.39 Å². The van der Waals surface area contributed by atoms with Crippen molar-refractivity contribution in [1.29, 1.82) is 0 Å². The van der Waals surface area contributed by atoms with Gasteiger partial charge in [0.2, 0.25) is 11.6 Å². The molecule has 2 aromatic heterocycles. The SMILES string of the molecule is CC(C)COC(=O)c1noc2ncc(F)nc12. The third kappa shape index (κ3) is 2.38. The highest BCUT2D eigenvalue weighted by Gasteiger charge is 2.20. The maximum absolute atomic E-state index is 12.9. The van der Waals surface area contributed by atoms with E-state index in [9.17, 15) is 9.18 Å². The molecule has 2 rings (SSSR count). The number of hydrogen-bond donors (Lipinski definition) is 0. The van der Waals surface area contributed by atoms with E-state index in [-0.39, 0.29) is 29.4 Å². The molecule has 0 aliphatic carbocycles. The maximum atomic E-state index is 12.9. The Morgan fingerprint density at radius 1 is 1.59 bits per heavy atom. The van der Waals surface area contributed by atoms with E-state index in [2.05, 4.69) is 15.1 Å². The number of hydrogen-bond acceptors (Lipinski definition) is 6. The zero-order chi connectivity index (χ0) is 12.4. The lowest BCUT2D eigenvalue weighted by molar-refractivity contribution is 0.0449. The molecule has 17 heavy (non-hydrogen) atoms. The maximum Gasteiger partial charge on any atom is 0.362 e. The quantitative estimate of drug-likeness (QED) is 0.756. The van der Waals surface area contributed by atoms with Crippen LogP contribution in [0.5, 0.6) is 0 Å². The number of aromatic nitrogens is 3. The van der Waals surface area contributed by atoms with Crippen LogP contribution in [0.3, 0.4) is 0 Å². The summed E-state index contributed by atoms with van der Waals surface area (Å²) in [7, 11) is 0. The third-order valence-corrected chi connectivity index (χ3v) is 1.90. The van der Waals surface area contributed by atoms with Gasteiger partial charge in [0, 0.05) is 0 Å². The molecule has 2 heterocycles. The molecule has 0 aliphatic heterocycles. The zero-order valence-electron chi connectivity index (χ0n) is 9.31. The van der Waals surface area contributed by atoms with E-state index in [0.717, 1.165) is 6.20 Å². The number of carbonyl (C=O) groups is 1. The van der Waals surface area contributed by atoms with Gasteiger partial charge in [-0.05, 0) is 5.92 Å². The van der Waals surface area contributed by atoms with Gasteiger partial charge in [-0.25, -0.2) is 14.8 Å². The molecule has 0 saturated heterocycles. The van der Waals surface area contributed by atoms with Crippen molar-refractivity contribution in [2.75, 3.05) is 6.61 Å². The summed E-state index contributed by atoms with van der Waals surface area (Å²) in [6.07, 6.45) is 0.886. The van der Waals surface area contributed by atoms with Gasteiger partial charge in [0.15, 0.2) is 5.52 Å². The molecule has 0 spiro atoms. The monoisotopic (exact) mass is 239 g/mol. The Hall–Kier alpha value is -2.05. The van der Waals surface area contributed by atoms with Crippen molar-refractivity contribution in [3.8, 4) is 0 Å². The van der Waals surface area contributed by atoms with Crippen molar-refractivity contribution in [1.82, 2.24) is 15.1 Å². The molecule has 0 bridgehead atoms. The number of halogens is 1. The van der Waals surface area contributed by atoms with Gasteiger partial charge in [-0.15, -0.1) is 0 Å². The molecule has 7 heteroatoms. The minimum atomic E-state index is -0.807. The second kappa shape index (κ2) is 4.44. The molecule has 0 fully saturated rings. The largest absolute Gasteiger partial charge is 0.461 e. The van der Waals surface area contributed by atoms with Crippen LogP contribution in [0.2, 0.25) is 0 Å². The minimum absolute atomic E-state index is 0.00268. The minimum Gasteiger partial charge on any atom is -0.461 e. The number of nitrogens with zero attached hydrogens (tertiary/aromatic N) is 3. The number of fused-ring (bicyclic) bond motifs is 1. The normalized spacial score (nSPS) is 11.1. The summed E-state index contributed by atoms with van der Waals surface area (Å²) in [5.74, 6) is -1.31. The molecule has 6 nitrogen and oxygen atoms in total. The summed E-state index contributed by atoms with van der Waals surface area (Å²) in [5, 5.41) is 3.47. The van der Waals surface area contributed by atoms with E-state index in [0.29, 0.717) is 0 Å². The fraction of sp³-hybridized carbons (Fsp3) is 0.400. The van der Waals surface area contributed by atoms with Crippen molar-refractivity contribution in [3.05, 3.63) is 17.8 Å². The Kier molecular flexibility index (Phi) is 2.99. The fourth-order valence-corrected chi connectivity index (χ4v) is 1.15. The van der Waals surface area contributed by atoms with Gasteiger partial charge in [0.05, 0.1) is 12.8 Å². The van der Waals surface area contributed by atoms with E-state index in [1.54, 1.807) is 0 Å². The summed E-state index contributed by atoms with van der Waals surface area (Å²) in [4.78, 5) is 18.7. The third-order valence-electron chi connectivity index (χ3n) is 1.90. The van der Waals surface area contributed by atoms with Gasteiger partial charge < -0.3 is 9.26 Å². The van der Waals surface area contributed by atoms with E-state index >= 15 is 0 Å². The summed E-state index contributed by atoms with van der Waals surface area (Å²) >= 11 is 0. The molecule has 0 aromatic carbocycles. The first-order valence-corrected chi connectivity index (χ1v) is 5.03. The highest BCUT2D eigenvalue weighted by molar-refractivity contribution is 5.98. The van der Waals surface area contributed by atoms with Crippen molar-refractivity contribution >= 4 is 17.2 Å². The first kappa shape index (κ1) is 11.4. The molecule has 0 N–H and O–H groups in total. The lowest BCUT2D eigenvalue weighted by Crippen LogP contribution is -2.11. The first-order valence-electron chi connectivity index (χ1n) is 5.03. The molecule has 0 aliphatic rings. The molecule has 0 radical (unpaired) electrons. The van der Waals surface area contributed by atoms with Crippen LogP contribution in [0.15, 0.2) is 10.7 Å². The van der Waals surface area contributed by atoms with Crippen LogP contribution < -0.4 is 0 Å². The van der Waals surface area contributed by atoms with Crippen LogP contribution in [0.25, 0.3) is 11.2 Å². The highest BCUT2D eigenvalue weighted by Crippen LogP contribution is 2.15. The molecular formula is C10H10FN3O3. The Morgan fingerprint density at radius 2 is 2.35 bits per heavy atom. The number of ether oxygens (including phenoxy) is 1. The first-order chi connectivity index (χ1) is 8.08.